The Balaban J connectivity index is 1.65. The van der Waals surface area contributed by atoms with E-state index in [9.17, 15) is 27.9 Å². The normalized spacial score (nSPS) is 11.0. The highest BCUT2D eigenvalue weighted by molar-refractivity contribution is 5.99. The minimum Gasteiger partial charge on any atom is -0.507 e. The van der Waals surface area contributed by atoms with E-state index in [4.69, 9.17) is 0 Å². The van der Waals surface area contributed by atoms with Crippen LogP contribution in [0.15, 0.2) is 67.0 Å². The first-order valence-corrected chi connectivity index (χ1v) is 8.27. The number of phenolic OH excluding ortho intramolecular Hbond substituents is 1. The lowest BCUT2D eigenvalue weighted by molar-refractivity contribution is -0.138. The largest absolute Gasteiger partial charge is 0.507 e. The summed E-state index contributed by atoms with van der Waals surface area (Å²) in [4.78, 5) is 28.2. The molecule has 2 amide bonds. The zero-order chi connectivity index (χ0) is 21.0. The number of phenols is 1. The number of alkyl halides is 3. The van der Waals surface area contributed by atoms with Crippen LogP contribution in [0.2, 0.25) is 0 Å². The minimum atomic E-state index is -4.82. The quantitative estimate of drug-likeness (QED) is 0.586. The molecule has 2 aromatic carbocycles. The number of pyridine rings is 1. The third-order valence-electron chi connectivity index (χ3n) is 4.00. The van der Waals surface area contributed by atoms with Crippen molar-refractivity contribution >= 4 is 11.8 Å². The molecule has 3 aromatic rings. The summed E-state index contributed by atoms with van der Waals surface area (Å²) in [7, 11) is 0. The summed E-state index contributed by atoms with van der Waals surface area (Å²) in [6.07, 6.45) is -1.51. The predicted molar refractivity (Wildman–Crippen MR) is 97.7 cm³/mol. The Morgan fingerprint density at radius 3 is 2.07 bits per heavy atom. The van der Waals surface area contributed by atoms with Crippen LogP contribution in [0.25, 0.3) is 11.1 Å². The lowest BCUT2D eigenvalue weighted by Gasteiger charge is -2.12. The van der Waals surface area contributed by atoms with Gasteiger partial charge >= 0.3 is 6.18 Å². The Labute approximate surface area is 163 Å². The summed E-state index contributed by atoms with van der Waals surface area (Å²) in [5, 5.41) is 9.30. The molecular weight excluding hydrogens is 387 g/mol. The van der Waals surface area contributed by atoms with E-state index in [0.29, 0.717) is 6.07 Å². The van der Waals surface area contributed by atoms with Crippen LogP contribution in [-0.4, -0.2) is 21.9 Å². The number of carbonyl (C=O) groups excluding carboxylic acids is 2. The second kappa shape index (κ2) is 8.01. The molecule has 0 aliphatic carbocycles. The van der Waals surface area contributed by atoms with Gasteiger partial charge in [0, 0.05) is 23.5 Å². The van der Waals surface area contributed by atoms with Crippen molar-refractivity contribution in [2.45, 2.75) is 6.18 Å². The molecule has 29 heavy (non-hydrogen) atoms. The van der Waals surface area contributed by atoms with Gasteiger partial charge in [-0.1, -0.05) is 18.2 Å². The van der Waals surface area contributed by atoms with Gasteiger partial charge in [0.05, 0.1) is 5.56 Å². The summed E-state index contributed by atoms with van der Waals surface area (Å²) in [5.41, 5.74) is 4.39. The summed E-state index contributed by atoms with van der Waals surface area (Å²) >= 11 is 0. The van der Waals surface area contributed by atoms with Crippen molar-refractivity contribution in [1.29, 1.82) is 0 Å². The van der Waals surface area contributed by atoms with Gasteiger partial charge in [-0.3, -0.25) is 25.4 Å². The maximum Gasteiger partial charge on any atom is 0.419 e. The van der Waals surface area contributed by atoms with Crippen molar-refractivity contribution < 1.29 is 27.9 Å². The molecule has 0 atom stereocenters. The molecule has 0 saturated heterocycles. The van der Waals surface area contributed by atoms with Crippen LogP contribution in [0.3, 0.4) is 0 Å². The monoisotopic (exact) mass is 401 g/mol. The lowest BCUT2D eigenvalue weighted by atomic mass is 10.1. The van der Waals surface area contributed by atoms with Crippen LogP contribution < -0.4 is 10.9 Å². The molecule has 1 heterocycles. The van der Waals surface area contributed by atoms with Gasteiger partial charge in [-0.2, -0.15) is 13.2 Å². The number of amides is 2. The molecule has 3 rings (SSSR count). The van der Waals surface area contributed by atoms with Gasteiger partial charge in [-0.05, 0) is 47.5 Å². The SMILES string of the molecule is O=C(NNC(=O)c1ccc(O)c(C(F)(F)F)c1)c1ccc(-c2cccnc2)cc1. The van der Waals surface area contributed by atoms with Gasteiger partial charge in [0.1, 0.15) is 5.75 Å². The standard InChI is InChI=1S/C20H14F3N3O3/c21-20(22,23)16-10-14(7-8-17(16)27)19(29)26-25-18(28)13-5-3-12(4-6-13)15-2-1-9-24-11-15/h1-11,27H,(H,25,28)(H,26,29). The molecule has 0 aliphatic rings. The van der Waals surface area contributed by atoms with Crippen LogP contribution in [0.4, 0.5) is 13.2 Å². The minimum absolute atomic E-state index is 0.236. The number of hydrazine groups is 1. The Hall–Kier alpha value is -3.88. The highest BCUT2D eigenvalue weighted by Crippen LogP contribution is 2.36. The summed E-state index contributed by atoms with van der Waals surface area (Å²) < 4.78 is 38.5. The second-order valence-electron chi connectivity index (χ2n) is 5.96. The van der Waals surface area contributed by atoms with Gasteiger partial charge < -0.3 is 5.11 Å². The van der Waals surface area contributed by atoms with Crippen LogP contribution >= 0.6 is 0 Å². The fraction of sp³-hybridized carbons (Fsp3) is 0.0500. The molecular formula is C20H14F3N3O3. The molecule has 0 fully saturated rings. The van der Waals surface area contributed by atoms with Crippen LogP contribution in [0.5, 0.6) is 5.75 Å². The number of hydrogen-bond donors (Lipinski definition) is 3. The molecule has 0 radical (unpaired) electrons. The van der Waals surface area contributed by atoms with E-state index in [2.05, 4.69) is 10.4 Å². The topological polar surface area (TPSA) is 91.3 Å². The number of carbonyl (C=O) groups is 2. The number of aromatic nitrogens is 1. The summed E-state index contributed by atoms with van der Waals surface area (Å²) in [6, 6.07) is 12.4. The van der Waals surface area contributed by atoms with Gasteiger partial charge in [0.2, 0.25) is 0 Å². The van der Waals surface area contributed by atoms with E-state index < -0.39 is 29.3 Å². The van der Waals surface area contributed by atoms with Gasteiger partial charge in [-0.15, -0.1) is 0 Å². The molecule has 6 nitrogen and oxygen atoms in total. The first-order valence-electron chi connectivity index (χ1n) is 8.27. The Morgan fingerprint density at radius 1 is 0.862 bits per heavy atom. The molecule has 1 aromatic heterocycles. The Bertz CT molecular complexity index is 1040. The number of nitrogens with zero attached hydrogens (tertiary/aromatic N) is 1. The van der Waals surface area contributed by atoms with Crippen LogP contribution in [0, 0.1) is 0 Å². The van der Waals surface area contributed by atoms with E-state index in [1.807, 2.05) is 11.5 Å². The highest BCUT2D eigenvalue weighted by atomic mass is 19.4. The molecule has 9 heteroatoms. The zero-order valence-corrected chi connectivity index (χ0v) is 14.7. The van der Waals surface area contributed by atoms with E-state index in [1.165, 1.54) is 12.1 Å². The van der Waals surface area contributed by atoms with Crippen molar-refractivity contribution in [3.63, 3.8) is 0 Å². The average molecular weight is 401 g/mol. The number of halogens is 3. The maximum absolute atomic E-state index is 12.8. The summed E-state index contributed by atoms with van der Waals surface area (Å²) in [5.74, 6) is -2.60. The fourth-order valence-electron chi connectivity index (χ4n) is 2.51. The smallest absolute Gasteiger partial charge is 0.419 e. The van der Waals surface area contributed by atoms with Crippen molar-refractivity contribution in [2.75, 3.05) is 0 Å². The van der Waals surface area contributed by atoms with Crippen molar-refractivity contribution in [1.82, 2.24) is 15.8 Å². The summed E-state index contributed by atoms with van der Waals surface area (Å²) in [6.45, 7) is 0. The molecule has 0 spiro atoms. The van der Waals surface area contributed by atoms with Crippen molar-refractivity contribution in [2.24, 2.45) is 0 Å². The lowest BCUT2D eigenvalue weighted by Crippen LogP contribution is -2.41. The number of nitrogens with one attached hydrogen (secondary N) is 2. The van der Waals surface area contributed by atoms with E-state index >= 15 is 0 Å². The first kappa shape index (κ1) is 19.9. The van der Waals surface area contributed by atoms with Gasteiger partial charge in [0.15, 0.2) is 0 Å². The fourth-order valence-corrected chi connectivity index (χ4v) is 2.51. The Kier molecular flexibility index (Phi) is 5.49. The molecule has 148 valence electrons. The highest BCUT2D eigenvalue weighted by Gasteiger charge is 2.34. The maximum atomic E-state index is 12.8. The van der Waals surface area contributed by atoms with Crippen molar-refractivity contribution in [3.8, 4) is 16.9 Å². The average Bonchev–Trinajstić information content (AvgIpc) is 2.72. The Morgan fingerprint density at radius 2 is 1.48 bits per heavy atom. The van der Waals surface area contributed by atoms with Crippen LogP contribution in [-0.2, 0) is 6.18 Å². The molecule has 0 bridgehead atoms. The van der Waals surface area contributed by atoms with Gasteiger partial charge in [-0.25, -0.2) is 0 Å². The zero-order valence-electron chi connectivity index (χ0n) is 14.7. The van der Waals surface area contributed by atoms with E-state index in [0.717, 1.165) is 23.3 Å². The molecule has 0 aliphatic heterocycles. The number of rotatable bonds is 3. The van der Waals surface area contributed by atoms with Crippen LogP contribution in [0.1, 0.15) is 26.3 Å². The van der Waals surface area contributed by atoms with Crippen molar-refractivity contribution in [3.05, 3.63) is 83.7 Å². The van der Waals surface area contributed by atoms with E-state index in [-0.39, 0.29) is 11.1 Å². The molecule has 3 N–H and O–H groups in total. The molecule has 0 saturated carbocycles. The van der Waals surface area contributed by atoms with Gasteiger partial charge in [0.25, 0.3) is 11.8 Å². The first-order chi connectivity index (χ1) is 13.8. The predicted octanol–water partition coefficient (Wildman–Crippen LogP) is 3.55. The third-order valence-corrected chi connectivity index (χ3v) is 4.00. The molecule has 0 unspecified atom stereocenters. The number of benzene rings is 2. The number of aromatic hydroxyl groups is 1. The van der Waals surface area contributed by atoms with E-state index in [1.54, 1.807) is 30.6 Å². The number of hydrogen-bond acceptors (Lipinski definition) is 4. The third kappa shape index (κ3) is 4.70. The second-order valence-corrected chi connectivity index (χ2v) is 5.96.